The van der Waals surface area contributed by atoms with E-state index >= 15 is 0 Å². The van der Waals surface area contributed by atoms with Gasteiger partial charge in [0, 0.05) is 37.3 Å². The van der Waals surface area contributed by atoms with E-state index in [0.717, 1.165) is 55.8 Å². The highest BCUT2D eigenvalue weighted by Crippen LogP contribution is 2.31. The zero-order valence-electron chi connectivity index (χ0n) is 15.9. The number of aromatic nitrogens is 3. The van der Waals surface area contributed by atoms with E-state index in [1.165, 1.54) is 12.8 Å². The van der Waals surface area contributed by atoms with E-state index in [4.69, 9.17) is 4.98 Å². The van der Waals surface area contributed by atoms with E-state index in [1.807, 2.05) is 25.1 Å². The van der Waals surface area contributed by atoms with Gasteiger partial charge in [0.25, 0.3) is 0 Å². The van der Waals surface area contributed by atoms with Crippen LogP contribution in [0.15, 0.2) is 30.6 Å². The number of carbonyl (C=O) groups is 1. The maximum absolute atomic E-state index is 12.8. The van der Waals surface area contributed by atoms with Gasteiger partial charge in [0.1, 0.15) is 5.82 Å². The summed E-state index contributed by atoms with van der Waals surface area (Å²) in [6, 6.07) is 5.90. The monoisotopic (exact) mass is 365 g/mol. The first-order valence-corrected chi connectivity index (χ1v) is 10.0. The number of nitrogens with zero attached hydrogens (tertiary/aromatic N) is 4. The van der Waals surface area contributed by atoms with Gasteiger partial charge in [0.2, 0.25) is 11.9 Å². The van der Waals surface area contributed by atoms with Crippen LogP contribution < -0.4 is 5.32 Å². The van der Waals surface area contributed by atoms with Crippen molar-refractivity contribution in [2.24, 2.45) is 5.92 Å². The molecule has 2 aromatic heterocycles. The molecule has 27 heavy (non-hydrogen) atoms. The number of likely N-dealkylation sites (tertiary alicyclic amines) is 1. The summed E-state index contributed by atoms with van der Waals surface area (Å²) >= 11 is 0. The summed E-state index contributed by atoms with van der Waals surface area (Å²) in [7, 11) is 0. The van der Waals surface area contributed by atoms with Gasteiger partial charge in [-0.1, -0.05) is 18.9 Å². The molecule has 1 unspecified atom stereocenters. The minimum Gasteiger partial charge on any atom is -0.342 e. The Hall–Kier alpha value is -2.50. The molecule has 2 aliphatic rings. The number of rotatable bonds is 4. The van der Waals surface area contributed by atoms with Crippen molar-refractivity contribution in [2.45, 2.75) is 51.4 Å². The second-order valence-corrected chi connectivity index (χ2v) is 7.70. The van der Waals surface area contributed by atoms with E-state index in [-0.39, 0.29) is 11.8 Å². The lowest BCUT2D eigenvalue weighted by Crippen LogP contribution is -2.42. The Morgan fingerprint density at radius 2 is 1.96 bits per heavy atom. The number of pyridine rings is 1. The molecule has 142 valence electrons. The van der Waals surface area contributed by atoms with Crippen LogP contribution in [0, 0.1) is 12.8 Å². The second-order valence-electron chi connectivity index (χ2n) is 7.70. The molecule has 0 radical (unpaired) electrons. The maximum Gasteiger partial charge on any atom is 0.228 e. The highest BCUT2D eigenvalue weighted by molar-refractivity contribution is 5.79. The number of aryl methyl sites for hydroxylation is 1. The molecule has 6 heteroatoms. The van der Waals surface area contributed by atoms with Crippen molar-refractivity contribution < 1.29 is 4.79 Å². The number of nitrogens with one attached hydrogen (secondary N) is 1. The summed E-state index contributed by atoms with van der Waals surface area (Å²) in [4.78, 5) is 28.3. The van der Waals surface area contributed by atoms with Gasteiger partial charge in [-0.25, -0.2) is 15.0 Å². The lowest BCUT2D eigenvalue weighted by molar-refractivity contribution is -0.136. The number of amides is 1. The summed E-state index contributed by atoms with van der Waals surface area (Å²) in [5.41, 5.74) is 2.06. The average molecular weight is 365 g/mol. The molecular weight excluding hydrogens is 338 g/mol. The normalized spacial score (nSPS) is 20.6. The van der Waals surface area contributed by atoms with Gasteiger partial charge >= 0.3 is 0 Å². The number of carbonyl (C=O) groups excluding carboxylic acids is 1. The van der Waals surface area contributed by atoms with Gasteiger partial charge in [-0.3, -0.25) is 4.79 Å². The summed E-state index contributed by atoms with van der Waals surface area (Å²) in [6.45, 7) is 3.66. The molecule has 1 N–H and O–H groups in total. The van der Waals surface area contributed by atoms with Gasteiger partial charge < -0.3 is 10.2 Å². The highest BCUT2D eigenvalue weighted by atomic mass is 16.2. The van der Waals surface area contributed by atoms with Gasteiger partial charge in [0.15, 0.2) is 0 Å². The van der Waals surface area contributed by atoms with Crippen molar-refractivity contribution in [1.29, 1.82) is 0 Å². The molecule has 3 heterocycles. The molecule has 2 fully saturated rings. The Morgan fingerprint density at radius 3 is 2.78 bits per heavy atom. The lowest BCUT2D eigenvalue weighted by Gasteiger charge is -2.34. The minimum atomic E-state index is 0.249. The van der Waals surface area contributed by atoms with E-state index in [1.54, 1.807) is 12.4 Å². The fourth-order valence-corrected chi connectivity index (χ4v) is 4.23. The fourth-order valence-electron chi connectivity index (χ4n) is 4.23. The van der Waals surface area contributed by atoms with Crippen LogP contribution in [-0.2, 0) is 4.79 Å². The van der Waals surface area contributed by atoms with Crippen LogP contribution in [-0.4, -0.2) is 38.8 Å². The van der Waals surface area contributed by atoms with Crippen molar-refractivity contribution in [2.75, 3.05) is 18.4 Å². The lowest BCUT2D eigenvalue weighted by atomic mass is 9.93. The van der Waals surface area contributed by atoms with Crippen LogP contribution in [0.5, 0.6) is 0 Å². The van der Waals surface area contributed by atoms with E-state index in [9.17, 15) is 4.79 Å². The van der Waals surface area contributed by atoms with Crippen LogP contribution >= 0.6 is 0 Å². The topological polar surface area (TPSA) is 71.0 Å². The molecule has 4 rings (SSSR count). The molecule has 1 saturated heterocycles. The molecule has 2 aromatic rings. The first kappa shape index (κ1) is 17.9. The predicted molar refractivity (Wildman–Crippen MR) is 105 cm³/mol. The third kappa shape index (κ3) is 4.10. The predicted octanol–water partition coefficient (Wildman–Crippen LogP) is 3.82. The average Bonchev–Trinajstić information content (AvgIpc) is 3.24. The quantitative estimate of drug-likeness (QED) is 0.892. The van der Waals surface area contributed by atoms with Gasteiger partial charge in [-0.2, -0.15) is 0 Å². The number of anilines is 2. The van der Waals surface area contributed by atoms with E-state index in [2.05, 4.69) is 20.2 Å². The Balaban J connectivity index is 1.46. The van der Waals surface area contributed by atoms with Crippen LogP contribution in [0.3, 0.4) is 0 Å². The molecular formula is C21H27N5O. The standard InChI is InChI=1S/C21H27N5O/c1-15-6-4-11-22-19(15)25-21-23-12-10-18(24-21)17-9-5-13-26(14-17)20(27)16-7-2-3-8-16/h4,6,10-12,16-17H,2-3,5,7-9,13-14H2,1H3,(H,22,23,24,25). The summed E-state index contributed by atoms with van der Waals surface area (Å²) in [5, 5.41) is 3.22. The van der Waals surface area contributed by atoms with Gasteiger partial charge in [-0.05, 0) is 50.3 Å². The van der Waals surface area contributed by atoms with Crippen molar-refractivity contribution in [3.8, 4) is 0 Å². The smallest absolute Gasteiger partial charge is 0.228 e. The zero-order chi connectivity index (χ0) is 18.6. The first-order chi connectivity index (χ1) is 13.2. The van der Waals surface area contributed by atoms with E-state index in [0.29, 0.717) is 11.9 Å². The van der Waals surface area contributed by atoms with Crippen molar-refractivity contribution in [3.63, 3.8) is 0 Å². The summed E-state index contributed by atoms with van der Waals surface area (Å²) in [6.07, 6.45) is 10.2. The molecule has 1 amide bonds. The third-order valence-electron chi connectivity index (χ3n) is 5.77. The Labute approximate surface area is 160 Å². The fraction of sp³-hybridized carbons (Fsp3) is 0.524. The van der Waals surface area contributed by atoms with E-state index < -0.39 is 0 Å². The molecule has 1 aliphatic heterocycles. The third-order valence-corrected chi connectivity index (χ3v) is 5.77. The first-order valence-electron chi connectivity index (χ1n) is 10.0. The minimum absolute atomic E-state index is 0.249. The number of piperidine rings is 1. The van der Waals surface area contributed by atoms with Gasteiger partial charge in [0.05, 0.1) is 5.69 Å². The van der Waals surface area contributed by atoms with Gasteiger partial charge in [-0.15, -0.1) is 0 Å². The molecule has 1 aliphatic carbocycles. The van der Waals surface area contributed by atoms with Crippen LogP contribution in [0.1, 0.15) is 55.7 Å². The molecule has 1 saturated carbocycles. The SMILES string of the molecule is Cc1cccnc1Nc1nccc(C2CCCN(C(=O)C3CCCC3)C2)n1. The van der Waals surface area contributed by atoms with Crippen LogP contribution in [0.2, 0.25) is 0 Å². The molecule has 6 nitrogen and oxygen atoms in total. The highest BCUT2D eigenvalue weighted by Gasteiger charge is 2.31. The van der Waals surface area contributed by atoms with Crippen molar-refractivity contribution in [1.82, 2.24) is 19.9 Å². The van der Waals surface area contributed by atoms with Crippen molar-refractivity contribution in [3.05, 3.63) is 41.9 Å². The second kappa shape index (κ2) is 8.03. The van der Waals surface area contributed by atoms with Crippen molar-refractivity contribution >= 4 is 17.7 Å². The molecule has 0 spiro atoms. The Bertz CT molecular complexity index is 803. The molecule has 0 bridgehead atoms. The maximum atomic E-state index is 12.8. The van der Waals surface area contributed by atoms with Crippen LogP contribution in [0.4, 0.5) is 11.8 Å². The number of hydrogen-bond donors (Lipinski definition) is 1. The molecule has 1 atom stereocenters. The Kier molecular flexibility index (Phi) is 5.32. The summed E-state index contributed by atoms with van der Waals surface area (Å²) in [5.74, 6) is 2.22. The largest absolute Gasteiger partial charge is 0.342 e. The molecule has 0 aromatic carbocycles. The zero-order valence-corrected chi connectivity index (χ0v) is 15.9. The Morgan fingerprint density at radius 1 is 1.11 bits per heavy atom. The van der Waals surface area contributed by atoms with Crippen LogP contribution in [0.25, 0.3) is 0 Å². The summed E-state index contributed by atoms with van der Waals surface area (Å²) < 4.78 is 0. The number of hydrogen-bond acceptors (Lipinski definition) is 5.